The Morgan fingerprint density at radius 2 is 1.81 bits per heavy atom. The van der Waals surface area contributed by atoms with Crippen LogP contribution in [-0.4, -0.2) is 57.5 Å². The summed E-state index contributed by atoms with van der Waals surface area (Å²) in [5.41, 5.74) is 1.07. The van der Waals surface area contributed by atoms with Gasteiger partial charge in [0.2, 0.25) is 10.0 Å². The lowest BCUT2D eigenvalue weighted by atomic mass is 10.1. The Labute approximate surface area is 180 Å². The van der Waals surface area contributed by atoms with Crippen LogP contribution in [0.1, 0.15) is 22.8 Å². The molecule has 0 aliphatic carbocycles. The first-order chi connectivity index (χ1) is 14.8. The predicted molar refractivity (Wildman–Crippen MR) is 111 cm³/mol. The second-order valence-electron chi connectivity index (χ2n) is 6.83. The molecule has 2 aromatic rings. The quantitative estimate of drug-likeness (QED) is 0.649. The first-order valence-electron chi connectivity index (χ1n) is 9.74. The van der Waals surface area contributed by atoms with Gasteiger partial charge in [-0.3, -0.25) is 4.79 Å². The SMILES string of the molecule is CCc1ccc(NC(=O)COC(=O)c2cc(S(=O)(=O)N3CCOCC3)ccc2F)cc1. The molecule has 166 valence electrons. The molecule has 0 aromatic heterocycles. The highest BCUT2D eigenvalue weighted by atomic mass is 32.2. The van der Waals surface area contributed by atoms with Gasteiger partial charge in [-0.25, -0.2) is 17.6 Å². The second-order valence-corrected chi connectivity index (χ2v) is 8.77. The Kier molecular flexibility index (Phi) is 7.37. The lowest BCUT2D eigenvalue weighted by Gasteiger charge is -2.26. The van der Waals surface area contributed by atoms with E-state index in [1.54, 1.807) is 12.1 Å². The van der Waals surface area contributed by atoms with Gasteiger partial charge in [0.15, 0.2) is 6.61 Å². The van der Waals surface area contributed by atoms with E-state index in [2.05, 4.69) is 5.32 Å². The lowest BCUT2D eigenvalue weighted by Crippen LogP contribution is -2.40. The third kappa shape index (κ3) is 5.66. The number of halogens is 1. The van der Waals surface area contributed by atoms with Crippen LogP contribution >= 0.6 is 0 Å². The van der Waals surface area contributed by atoms with Crippen molar-refractivity contribution in [3.63, 3.8) is 0 Å². The molecule has 8 nitrogen and oxygen atoms in total. The highest BCUT2D eigenvalue weighted by molar-refractivity contribution is 7.89. The summed E-state index contributed by atoms with van der Waals surface area (Å²) in [6, 6.07) is 10.1. The number of carbonyl (C=O) groups excluding carboxylic acids is 2. The molecule has 31 heavy (non-hydrogen) atoms. The fraction of sp³-hybridized carbons (Fsp3) is 0.333. The van der Waals surface area contributed by atoms with Crippen LogP contribution in [0.3, 0.4) is 0 Å². The zero-order valence-electron chi connectivity index (χ0n) is 17.0. The number of nitrogens with one attached hydrogen (secondary N) is 1. The van der Waals surface area contributed by atoms with Crippen molar-refractivity contribution in [1.29, 1.82) is 0 Å². The average Bonchev–Trinajstić information content (AvgIpc) is 2.78. The van der Waals surface area contributed by atoms with E-state index in [0.29, 0.717) is 5.69 Å². The third-order valence-corrected chi connectivity index (χ3v) is 6.64. The number of esters is 1. The molecular formula is C21H23FN2O6S. The van der Waals surface area contributed by atoms with Crippen molar-refractivity contribution in [3.05, 3.63) is 59.4 Å². The molecule has 10 heteroatoms. The molecule has 0 radical (unpaired) electrons. The standard InChI is InChI=1S/C21H23FN2O6S/c1-2-15-3-5-16(6-4-15)23-20(25)14-30-21(26)18-13-17(7-8-19(18)22)31(27,28)24-9-11-29-12-10-24/h3-8,13H,2,9-12,14H2,1H3,(H,23,25). The van der Waals surface area contributed by atoms with E-state index in [1.165, 1.54) is 4.31 Å². The van der Waals surface area contributed by atoms with E-state index in [-0.39, 0.29) is 31.2 Å². The van der Waals surface area contributed by atoms with Crippen LogP contribution in [-0.2, 0) is 30.7 Å². The molecule has 3 rings (SSSR count). The summed E-state index contributed by atoms with van der Waals surface area (Å²) in [5, 5.41) is 2.57. The second kappa shape index (κ2) is 9.99. The van der Waals surface area contributed by atoms with Crippen LogP contribution in [0.5, 0.6) is 0 Å². The molecule has 1 heterocycles. The molecule has 0 unspecified atom stereocenters. The monoisotopic (exact) mass is 450 g/mol. The van der Waals surface area contributed by atoms with Crippen molar-refractivity contribution in [2.24, 2.45) is 0 Å². The lowest BCUT2D eigenvalue weighted by molar-refractivity contribution is -0.119. The normalized spacial score (nSPS) is 14.8. The largest absolute Gasteiger partial charge is 0.452 e. The number of morpholine rings is 1. The molecule has 1 saturated heterocycles. The molecule has 1 aliphatic heterocycles. The average molecular weight is 450 g/mol. The molecule has 0 saturated carbocycles. The molecule has 1 amide bonds. The Morgan fingerprint density at radius 1 is 1.13 bits per heavy atom. The van der Waals surface area contributed by atoms with Crippen molar-refractivity contribution < 1.29 is 31.9 Å². The predicted octanol–water partition coefficient (Wildman–Crippen LogP) is 2.20. The maximum atomic E-state index is 14.2. The summed E-state index contributed by atoms with van der Waals surface area (Å²) in [7, 11) is -3.91. The van der Waals surface area contributed by atoms with Gasteiger partial charge in [-0.2, -0.15) is 4.31 Å². The first kappa shape index (κ1) is 22.9. The van der Waals surface area contributed by atoms with Crippen LogP contribution in [0.15, 0.2) is 47.4 Å². The number of hydrogen-bond acceptors (Lipinski definition) is 6. The molecule has 0 atom stereocenters. The first-order valence-corrected chi connectivity index (χ1v) is 11.2. The number of sulfonamides is 1. The number of aryl methyl sites for hydroxylation is 1. The zero-order valence-corrected chi connectivity index (χ0v) is 17.8. The Hall–Kier alpha value is -2.82. The fourth-order valence-electron chi connectivity index (χ4n) is 2.99. The summed E-state index contributed by atoms with van der Waals surface area (Å²) in [6.45, 7) is 2.20. The van der Waals surface area contributed by atoms with E-state index >= 15 is 0 Å². The summed E-state index contributed by atoms with van der Waals surface area (Å²) in [6.07, 6.45) is 0.859. The van der Waals surface area contributed by atoms with Crippen LogP contribution in [0.2, 0.25) is 0 Å². The Morgan fingerprint density at radius 3 is 2.45 bits per heavy atom. The van der Waals surface area contributed by atoms with Crippen molar-refractivity contribution >= 4 is 27.6 Å². The minimum atomic E-state index is -3.91. The molecule has 0 bridgehead atoms. The molecule has 2 aromatic carbocycles. The molecule has 0 spiro atoms. The number of amides is 1. The van der Waals surface area contributed by atoms with Crippen molar-refractivity contribution in [2.75, 3.05) is 38.2 Å². The molecular weight excluding hydrogens is 427 g/mol. The van der Waals surface area contributed by atoms with Gasteiger partial charge >= 0.3 is 5.97 Å². The van der Waals surface area contributed by atoms with Gasteiger partial charge in [0, 0.05) is 18.8 Å². The highest BCUT2D eigenvalue weighted by Crippen LogP contribution is 2.21. The summed E-state index contributed by atoms with van der Waals surface area (Å²) >= 11 is 0. The van der Waals surface area contributed by atoms with Crippen LogP contribution in [0, 0.1) is 5.82 Å². The maximum absolute atomic E-state index is 14.2. The number of ether oxygens (including phenoxy) is 2. The van der Waals surface area contributed by atoms with Crippen molar-refractivity contribution in [1.82, 2.24) is 4.31 Å². The van der Waals surface area contributed by atoms with Crippen LogP contribution < -0.4 is 5.32 Å². The van der Waals surface area contributed by atoms with Crippen LogP contribution in [0.4, 0.5) is 10.1 Å². The van der Waals surface area contributed by atoms with Gasteiger partial charge in [0.05, 0.1) is 23.7 Å². The van der Waals surface area contributed by atoms with Gasteiger partial charge < -0.3 is 14.8 Å². The van der Waals surface area contributed by atoms with Crippen molar-refractivity contribution in [2.45, 2.75) is 18.2 Å². The minimum absolute atomic E-state index is 0.166. The number of anilines is 1. The van der Waals surface area contributed by atoms with Gasteiger partial charge in [-0.1, -0.05) is 19.1 Å². The molecule has 1 aliphatic rings. The molecule has 1 fully saturated rings. The van der Waals surface area contributed by atoms with E-state index in [4.69, 9.17) is 9.47 Å². The number of carbonyl (C=O) groups is 2. The van der Waals surface area contributed by atoms with Gasteiger partial charge in [0.1, 0.15) is 5.82 Å². The topological polar surface area (TPSA) is 102 Å². The number of nitrogens with zero attached hydrogens (tertiary/aromatic N) is 1. The van der Waals surface area contributed by atoms with Gasteiger partial charge in [-0.05, 0) is 42.3 Å². The van der Waals surface area contributed by atoms with Crippen molar-refractivity contribution in [3.8, 4) is 0 Å². The summed E-state index contributed by atoms with van der Waals surface area (Å²) in [4.78, 5) is 24.1. The number of benzene rings is 2. The maximum Gasteiger partial charge on any atom is 0.341 e. The third-order valence-electron chi connectivity index (χ3n) is 4.75. The van der Waals surface area contributed by atoms with Gasteiger partial charge in [0.25, 0.3) is 5.91 Å². The molecule has 1 N–H and O–H groups in total. The van der Waals surface area contributed by atoms with E-state index in [1.807, 2.05) is 19.1 Å². The minimum Gasteiger partial charge on any atom is -0.452 e. The van der Waals surface area contributed by atoms with Crippen LogP contribution in [0.25, 0.3) is 0 Å². The zero-order chi connectivity index (χ0) is 22.4. The van der Waals surface area contributed by atoms with E-state index in [9.17, 15) is 22.4 Å². The van der Waals surface area contributed by atoms with E-state index < -0.39 is 39.9 Å². The highest BCUT2D eigenvalue weighted by Gasteiger charge is 2.28. The fourth-order valence-corrected chi connectivity index (χ4v) is 4.42. The number of rotatable bonds is 7. The smallest absolute Gasteiger partial charge is 0.341 e. The summed E-state index contributed by atoms with van der Waals surface area (Å²) in [5.74, 6) is -2.68. The van der Waals surface area contributed by atoms with Gasteiger partial charge in [-0.15, -0.1) is 0 Å². The Balaban J connectivity index is 1.65. The summed E-state index contributed by atoms with van der Waals surface area (Å²) < 4.78 is 50.8. The number of hydrogen-bond donors (Lipinski definition) is 1. The van der Waals surface area contributed by atoms with E-state index in [0.717, 1.165) is 30.2 Å². The Bertz CT molecular complexity index is 1050.